The van der Waals surface area contributed by atoms with E-state index in [0.717, 1.165) is 10.5 Å². The maximum Gasteiger partial charge on any atom is 0.228 e. The van der Waals surface area contributed by atoms with Gasteiger partial charge in [0.1, 0.15) is 23.1 Å². The Labute approximate surface area is 166 Å². The molecule has 1 aromatic heterocycles. The highest BCUT2D eigenvalue weighted by atomic mass is 32.2. The van der Waals surface area contributed by atoms with Crippen LogP contribution in [0.4, 0.5) is 11.5 Å². The molecule has 6 nitrogen and oxygen atoms in total. The van der Waals surface area contributed by atoms with E-state index in [1.54, 1.807) is 37.1 Å². The number of phenolic OH excluding ortho intramolecular Hbond substituents is 1. The van der Waals surface area contributed by atoms with Crippen LogP contribution in [-0.2, 0) is 0 Å². The second-order valence-corrected chi connectivity index (χ2v) is 7.33. The minimum atomic E-state index is -0.227. The molecule has 0 aliphatic carbocycles. The van der Waals surface area contributed by atoms with Crippen molar-refractivity contribution in [1.29, 1.82) is 0 Å². The molecule has 7 heteroatoms. The smallest absolute Gasteiger partial charge is 0.228 e. The number of phenols is 1. The van der Waals surface area contributed by atoms with E-state index in [0.29, 0.717) is 34.2 Å². The van der Waals surface area contributed by atoms with Crippen molar-refractivity contribution in [2.24, 2.45) is 0 Å². The van der Waals surface area contributed by atoms with Gasteiger partial charge in [0.15, 0.2) is 0 Å². The number of terminal acetylenes is 1. The Morgan fingerprint density at radius 2 is 1.96 bits per heavy atom. The first-order chi connectivity index (χ1) is 13.5. The SMILES string of the molecule is C#Cc1c(N)nc2c(c1N)C(Sc1ccc(O)cc1)c1ccc(OC)cc1O2. The van der Waals surface area contributed by atoms with Crippen LogP contribution >= 0.6 is 11.8 Å². The first-order valence-corrected chi connectivity index (χ1v) is 9.26. The lowest BCUT2D eigenvalue weighted by molar-refractivity contribution is 0.402. The van der Waals surface area contributed by atoms with E-state index in [9.17, 15) is 5.11 Å². The molecule has 0 fully saturated rings. The summed E-state index contributed by atoms with van der Waals surface area (Å²) in [6, 6.07) is 12.5. The van der Waals surface area contributed by atoms with Gasteiger partial charge < -0.3 is 26.0 Å². The highest BCUT2D eigenvalue weighted by Gasteiger charge is 2.33. The third-order valence-corrected chi connectivity index (χ3v) is 5.74. The van der Waals surface area contributed by atoms with E-state index < -0.39 is 0 Å². The average Bonchev–Trinajstić information content (AvgIpc) is 2.69. The van der Waals surface area contributed by atoms with E-state index in [1.807, 2.05) is 24.3 Å². The number of fused-ring (bicyclic) bond motifs is 2. The van der Waals surface area contributed by atoms with E-state index >= 15 is 0 Å². The van der Waals surface area contributed by atoms with Crippen LogP contribution in [0.15, 0.2) is 47.4 Å². The van der Waals surface area contributed by atoms with Crippen molar-refractivity contribution >= 4 is 23.3 Å². The third-order valence-electron chi connectivity index (χ3n) is 4.48. The van der Waals surface area contributed by atoms with Crippen LogP contribution in [0.5, 0.6) is 23.1 Å². The Hall–Kier alpha value is -3.50. The van der Waals surface area contributed by atoms with E-state index in [1.165, 1.54) is 0 Å². The van der Waals surface area contributed by atoms with Crippen LogP contribution in [0, 0.1) is 12.3 Å². The largest absolute Gasteiger partial charge is 0.508 e. The fraction of sp³-hybridized carbons (Fsp3) is 0.0952. The highest BCUT2D eigenvalue weighted by Crippen LogP contribution is 2.54. The Bertz CT molecular complexity index is 1110. The van der Waals surface area contributed by atoms with Gasteiger partial charge in [-0.25, -0.2) is 0 Å². The van der Waals surface area contributed by atoms with Crippen molar-refractivity contribution in [3.05, 3.63) is 59.2 Å². The van der Waals surface area contributed by atoms with Gasteiger partial charge in [-0.1, -0.05) is 12.0 Å². The summed E-state index contributed by atoms with van der Waals surface area (Å²) in [7, 11) is 1.59. The molecule has 4 rings (SSSR count). The zero-order valence-corrected chi connectivity index (χ0v) is 15.8. The number of benzene rings is 2. The number of thioether (sulfide) groups is 1. The quantitative estimate of drug-likeness (QED) is 0.581. The van der Waals surface area contributed by atoms with Crippen LogP contribution in [0.1, 0.15) is 21.9 Å². The lowest BCUT2D eigenvalue weighted by Crippen LogP contribution is -2.15. The van der Waals surface area contributed by atoms with Gasteiger partial charge in [0.05, 0.1) is 29.2 Å². The maximum atomic E-state index is 9.57. The predicted molar refractivity (Wildman–Crippen MR) is 110 cm³/mol. The number of anilines is 2. The molecule has 1 aliphatic rings. The number of ether oxygens (including phenoxy) is 2. The van der Waals surface area contributed by atoms with Crippen LogP contribution in [-0.4, -0.2) is 17.2 Å². The molecular formula is C21H17N3O3S. The van der Waals surface area contributed by atoms with E-state index in [4.69, 9.17) is 27.4 Å². The number of nitrogens with zero attached hydrogens (tertiary/aromatic N) is 1. The summed E-state index contributed by atoms with van der Waals surface area (Å²) in [6.45, 7) is 0. The minimum Gasteiger partial charge on any atom is -0.508 e. The van der Waals surface area contributed by atoms with Gasteiger partial charge in [-0.3, -0.25) is 0 Å². The van der Waals surface area contributed by atoms with Crippen LogP contribution in [0.25, 0.3) is 0 Å². The number of hydrogen-bond acceptors (Lipinski definition) is 7. The van der Waals surface area contributed by atoms with Crippen LogP contribution < -0.4 is 20.9 Å². The van der Waals surface area contributed by atoms with Gasteiger partial charge in [0, 0.05) is 16.5 Å². The number of pyridine rings is 1. The van der Waals surface area contributed by atoms with Crippen LogP contribution in [0.3, 0.4) is 0 Å². The maximum absolute atomic E-state index is 9.57. The first-order valence-electron chi connectivity index (χ1n) is 8.38. The number of aromatic hydroxyl groups is 1. The van der Waals surface area contributed by atoms with E-state index in [2.05, 4.69) is 10.9 Å². The average molecular weight is 391 g/mol. The molecule has 0 saturated heterocycles. The fourth-order valence-electron chi connectivity index (χ4n) is 3.09. The van der Waals surface area contributed by atoms with Gasteiger partial charge in [-0.15, -0.1) is 18.2 Å². The van der Waals surface area contributed by atoms with E-state index in [-0.39, 0.29) is 16.8 Å². The summed E-state index contributed by atoms with van der Waals surface area (Å²) in [5, 5.41) is 9.34. The summed E-state index contributed by atoms with van der Waals surface area (Å²) in [4.78, 5) is 5.29. The molecule has 28 heavy (non-hydrogen) atoms. The number of rotatable bonds is 3. The van der Waals surface area contributed by atoms with Crippen molar-refractivity contribution < 1.29 is 14.6 Å². The van der Waals surface area contributed by atoms with Gasteiger partial charge >= 0.3 is 0 Å². The predicted octanol–water partition coefficient (Wildman–Crippen LogP) is 3.93. The molecule has 2 aromatic carbocycles. The molecule has 1 unspecified atom stereocenters. The van der Waals surface area contributed by atoms with Crippen molar-refractivity contribution in [3.63, 3.8) is 0 Å². The molecule has 0 amide bonds. The molecule has 0 saturated carbocycles. The second kappa shape index (κ2) is 6.91. The summed E-state index contributed by atoms with van der Waals surface area (Å²) in [5.41, 5.74) is 14.7. The van der Waals surface area contributed by atoms with Crippen molar-refractivity contribution in [1.82, 2.24) is 4.98 Å². The summed E-state index contributed by atoms with van der Waals surface area (Å²) in [6.07, 6.45) is 5.59. The highest BCUT2D eigenvalue weighted by molar-refractivity contribution is 7.99. The summed E-state index contributed by atoms with van der Waals surface area (Å²) < 4.78 is 11.3. The summed E-state index contributed by atoms with van der Waals surface area (Å²) >= 11 is 1.55. The molecule has 140 valence electrons. The number of nitrogen functional groups attached to an aromatic ring is 2. The Kier molecular flexibility index (Phi) is 4.41. The Morgan fingerprint density at radius 3 is 2.64 bits per heavy atom. The zero-order chi connectivity index (χ0) is 19.8. The van der Waals surface area contributed by atoms with Gasteiger partial charge in [-0.05, 0) is 30.3 Å². The molecule has 1 aliphatic heterocycles. The van der Waals surface area contributed by atoms with Crippen LogP contribution in [0.2, 0.25) is 0 Å². The number of hydrogen-bond donors (Lipinski definition) is 3. The lowest BCUT2D eigenvalue weighted by atomic mass is 9.98. The summed E-state index contributed by atoms with van der Waals surface area (Å²) in [5.74, 6) is 4.47. The molecule has 0 radical (unpaired) electrons. The molecule has 5 N–H and O–H groups in total. The van der Waals surface area contributed by atoms with Crippen molar-refractivity contribution in [2.75, 3.05) is 18.6 Å². The topological polar surface area (TPSA) is 104 Å². The Morgan fingerprint density at radius 1 is 1.21 bits per heavy atom. The monoisotopic (exact) mass is 391 g/mol. The molecule has 3 aromatic rings. The molecule has 0 spiro atoms. The molecule has 0 bridgehead atoms. The molecular weight excluding hydrogens is 374 g/mol. The number of aromatic nitrogens is 1. The number of nitrogens with two attached hydrogens (primary N) is 2. The second-order valence-electron chi connectivity index (χ2n) is 6.15. The third kappa shape index (κ3) is 2.94. The fourth-order valence-corrected chi connectivity index (χ4v) is 4.32. The van der Waals surface area contributed by atoms with Gasteiger partial charge in [0.2, 0.25) is 5.88 Å². The first kappa shape index (κ1) is 17.9. The molecule has 2 heterocycles. The van der Waals surface area contributed by atoms with Gasteiger partial charge in [0.25, 0.3) is 0 Å². The van der Waals surface area contributed by atoms with Crippen molar-refractivity contribution in [2.45, 2.75) is 10.1 Å². The van der Waals surface area contributed by atoms with Gasteiger partial charge in [-0.2, -0.15) is 4.98 Å². The standard InChI is InChI=1S/C21H17N3O3S/c1-3-14-18(22)17-19(28-13-7-4-11(25)5-8-13)15-9-6-12(26-2)10-16(15)27-21(17)24-20(14)23/h1,4-10,19,25H,2H3,(H4,22,23,24). The van der Waals surface area contributed by atoms with Crippen molar-refractivity contribution in [3.8, 4) is 35.5 Å². The zero-order valence-electron chi connectivity index (χ0n) is 15.0. The molecule has 1 atom stereocenters. The normalized spacial score (nSPS) is 14.4. The lowest BCUT2D eigenvalue weighted by Gasteiger charge is -2.29. The number of methoxy groups -OCH3 is 1. The minimum absolute atomic E-state index is 0.151. The Balaban J connectivity index is 1.90.